The van der Waals surface area contributed by atoms with E-state index in [1.54, 1.807) is 17.0 Å². The van der Waals surface area contributed by atoms with Gasteiger partial charge in [-0.2, -0.15) is 0 Å². The van der Waals surface area contributed by atoms with Gasteiger partial charge < -0.3 is 14.6 Å². The Morgan fingerprint density at radius 1 is 1.31 bits per heavy atom. The first-order valence-electron chi connectivity index (χ1n) is 8.37. The predicted molar refractivity (Wildman–Crippen MR) is 101 cm³/mol. The van der Waals surface area contributed by atoms with Gasteiger partial charge in [0.2, 0.25) is 5.91 Å². The number of carbonyl (C=O) groups is 1. The molecule has 0 unspecified atom stereocenters. The Bertz CT molecular complexity index is 988. The second-order valence-electron chi connectivity index (χ2n) is 6.27. The van der Waals surface area contributed by atoms with Gasteiger partial charge in [-0.3, -0.25) is 4.79 Å². The first-order valence-corrected chi connectivity index (χ1v) is 9.17. The van der Waals surface area contributed by atoms with E-state index in [0.29, 0.717) is 17.9 Å². The highest BCUT2D eigenvalue weighted by Gasteiger charge is 2.33. The first kappa shape index (κ1) is 17.0. The summed E-state index contributed by atoms with van der Waals surface area (Å²) in [5, 5.41) is 0. The summed E-state index contributed by atoms with van der Waals surface area (Å²) in [6, 6.07) is 10.1. The number of rotatable bonds is 3. The van der Waals surface area contributed by atoms with E-state index in [1.807, 2.05) is 18.2 Å². The van der Waals surface area contributed by atoms with Crippen molar-refractivity contribution in [2.24, 2.45) is 0 Å². The lowest BCUT2D eigenvalue weighted by Gasteiger charge is -2.34. The van der Waals surface area contributed by atoms with Gasteiger partial charge in [0.1, 0.15) is 5.82 Å². The molecule has 0 radical (unpaired) electrons. The highest BCUT2D eigenvalue weighted by Crippen LogP contribution is 2.36. The van der Waals surface area contributed by atoms with Gasteiger partial charge in [0.15, 0.2) is 11.6 Å². The molecule has 4 rings (SSSR count). The van der Waals surface area contributed by atoms with Gasteiger partial charge in [-0.1, -0.05) is 15.9 Å². The first-order chi connectivity index (χ1) is 12.6. The number of ether oxygens (including phenoxy) is 1. The van der Waals surface area contributed by atoms with Gasteiger partial charge in [0.25, 0.3) is 0 Å². The third-order valence-corrected chi connectivity index (χ3v) is 5.13. The number of halogens is 2. The van der Waals surface area contributed by atoms with Crippen LogP contribution in [0.25, 0.3) is 11.0 Å². The number of benzene rings is 2. The zero-order valence-electron chi connectivity index (χ0n) is 14.1. The number of H-pyrrole nitrogens is 1. The molecular formula is C19H17BrFN3O2. The molecule has 1 N–H and O–H groups in total. The number of imidazole rings is 1. The van der Waals surface area contributed by atoms with Crippen molar-refractivity contribution in [2.45, 2.75) is 25.3 Å². The van der Waals surface area contributed by atoms with Gasteiger partial charge in [-0.25, -0.2) is 9.37 Å². The Kier molecular flexibility index (Phi) is 4.40. The molecule has 1 aliphatic rings. The van der Waals surface area contributed by atoms with Crippen LogP contribution in [0.4, 0.5) is 10.1 Å². The minimum atomic E-state index is -0.490. The van der Waals surface area contributed by atoms with Crippen LogP contribution >= 0.6 is 15.9 Å². The van der Waals surface area contributed by atoms with Crippen LogP contribution in [0.2, 0.25) is 0 Å². The molecule has 2 heterocycles. The SMILES string of the molecule is COc1ccc(N2C(=O)CCC[C@H]2c2nc3ccc(Br)cc3[nH]2)cc1F. The Morgan fingerprint density at radius 3 is 2.92 bits per heavy atom. The van der Waals surface area contributed by atoms with Crippen molar-refractivity contribution in [2.75, 3.05) is 12.0 Å². The number of aromatic nitrogens is 2. The minimum absolute atomic E-state index is 0.0348. The van der Waals surface area contributed by atoms with E-state index in [1.165, 1.54) is 13.2 Å². The Morgan fingerprint density at radius 2 is 2.15 bits per heavy atom. The summed E-state index contributed by atoms with van der Waals surface area (Å²) in [6.45, 7) is 0. The maximum absolute atomic E-state index is 14.2. The Labute approximate surface area is 158 Å². The lowest BCUT2D eigenvalue weighted by Crippen LogP contribution is -2.38. The van der Waals surface area contributed by atoms with E-state index >= 15 is 0 Å². The highest BCUT2D eigenvalue weighted by atomic mass is 79.9. The molecule has 7 heteroatoms. The predicted octanol–water partition coefficient (Wildman–Crippen LogP) is 4.73. The van der Waals surface area contributed by atoms with E-state index in [0.717, 1.165) is 28.3 Å². The summed E-state index contributed by atoms with van der Waals surface area (Å²) in [7, 11) is 1.42. The van der Waals surface area contributed by atoms with E-state index in [9.17, 15) is 9.18 Å². The van der Waals surface area contributed by atoms with Crippen LogP contribution in [0.15, 0.2) is 40.9 Å². The van der Waals surface area contributed by atoms with Crippen molar-refractivity contribution in [3.05, 3.63) is 52.5 Å². The number of anilines is 1. The lowest BCUT2D eigenvalue weighted by molar-refractivity contribution is -0.120. The maximum atomic E-state index is 14.2. The molecule has 1 amide bonds. The number of aromatic amines is 1. The quantitative estimate of drug-likeness (QED) is 0.669. The average molecular weight is 418 g/mol. The normalized spacial score (nSPS) is 17.7. The van der Waals surface area contributed by atoms with Crippen molar-refractivity contribution in [3.63, 3.8) is 0 Å². The molecule has 2 aromatic carbocycles. The van der Waals surface area contributed by atoms with Gasteiger partial charge in [0.05, 0.1) is 24.2 Å². The number of amides is 1. The molecular weight excluding hydrogens is 401 g/mol. The second kappa shape index (κ2) is 6.72. The molecule has 1 aliphatic heterocycles. The number of hydrogen-bond acceptors (Lipinski definition) is 3. The maximum Gasteiger partial charge on any atom is 0.227 e. The summed E-state index contributed by atoms with van der Waals surface area (Å²) in [6.07, 6.45) is 1.98. The van der Waals surface area contributed by atoms with Crippen LogP contribution in [-0.4, -0.2) is 23.0 Å². The fourth-order valence-electron chi connectivity index (χ4n) is 3.42. The van der Waals surface area contributed by atoms with Gasteiger partial charge in [0, 0.05) is 22.6 Å². The molecule has 134 valence electrons. The van der Waals surface area contributed by atoms with Crippen LogP contribution in [0.5, 0.6) is 5.75 Å². The van der Waals surface area contributed by atoms with Crippen LogP contribution in [0.1, 0.15) is 31.1 Å². The van der Waals surface area contributed by atoms with Crippen LogP contribution < -0.4 is 9.64 Å². The monoisotopic (exact) mass is 417 g/mol. The largest absolute Gasteiger partial charge is 0.494 e. The Balaban J connectivity index is 1.77. The van der Waals surface area contributed by atoms with Gasteiger partial charge in [-0.15, -0.1) is 0 Å². The van der Waals surface area contributed by atoms with E-state index in [-0.39, 0.29) is 17.7 Å². The van der Waals surface area contributed by atoms with E-state index in [4.69, 9.17) is 4.74 Å². The van der Waals surface area contributed by atoms with Crippen molar-refractivity contribution in [3.8, 4) is 5.75 Å². The van der Waals surface area contributed by atoms with Crippen LogP contribution in [0.3, 0.4) is 0 Å². The smallest absolute Gasteiger partial charge is 0.227 e. The molecule has 3 aromatic rings. The molecule has 0 spiro atoms. The molecule has 0 bridgehead atoms. The molecule has 1 atom stereocenters. The molecule has 1 saturated heterocycles. The number of fused-ring (bicyclic) bond motifs is 1. The number of methoxy groups -OCH3 is 1. The van der Waals surface area contributed by atoms with Gasteiger partial charge >= 0.3 is 0 Å². The molecule has 5 nitrogen and oxygen atoms in total. The second-order valence-corrected chi connectivity index (χ2v) is 7.19. The van der Waals surface area contributed by atoms with E-state index in [2.05, 4.69) is 25.9 Å². The fraction of sp³-hybridized carbons (Fsp3) is 0.263. The average Bonchev–Trinajstić information content (AvgIpc) is 3.04. The minimum Gasteiger partial charge on any atom is -0.494 e. The third kappa shape index (κ3) is 2.96. The summed E-state index contributed by atoms with van der Waals surface area (Å²) < 4.78 is 20.1. The topological polar surface area (TPSA) is 58.2 Å². The van der Waals surface area contributed by atoms with Crippen LogP contribution in [-0.2, 0) is 4.79 Å². The summed E-state index contributed by atoms with van der Waals surface area (Å²) in [5.41, 5.74) is 2.25. The summed E-state index contributed by atoms with van der Waals surface area (Å²) in [4.78, 5) is 22.2. The van der Waals surface area contributed by atoms with Crippen molar-refractivity contribution < 1.29 is 13.9 Å². The summed E-state index contributed by atoms with van der Waals surface area (Å²) in [5.74, 6) is 0.342. The highest BCUT2D eigenvalue weighted by molar-refractivity contribution is 9.10. The third-order valence-electron chi connectivity index (χ3n) is 4.64. The number of hydrogen-bond donors (Lipinski definition) is 1. The number of nitrogens with one attached hydrogen (secondary N) is 1. The number of carbonyl (C=O) groups excluding carboxylic acids is 1. The fourth-order valence-corrected chi connectivity index (χ4v) is 3.78. The van der Waals surface area contributed by atoms with E-state index < -0.39 is 5.82 Å². The number of nitrogens with zero attached hydrogens (tertiary/aromatic N) is 2. The zero-order valence-corrected chi connectivity index (χ0v) is 15.7. The Hall–Kier alpha value is -2.41. The molecule has 0 saturated carbocycles. The van der Waals surface area contributed by atoms with Crippen LogP contribution in [0, 0.1) is 5.82 Å². The molecule has 0 aliphatic carbocycles. The summed E-state index contributed by atoms with van der Waals surface area (Å²) >= 11 is 3.45. The molecule has 1 aromatic heterocycles. The molecule has 1 fully saturated rings. The lowest BCUT2D eigenvalue weighted by atomic mass is 10.00. The van der Waals surface area contributed by atoms with Crippen molar-refractivity contribution >= 4 is 38.6 Å². The van der Waals surface area contributed by atoms with Gasteiger partial charge in [-0.05, 0) is 43.2 Å². The molecule has 26 heavy (non-hydrogen) atoms. The standard InChI is InChI=1S/C19H17BrFN3O2/c1-26-17-8-6-12(10-13(17)21)24-16(3-2-4-18(24)25)19-22-14-7-5-11(20)9-15(14)23-19/h5-10,16H,2-4H2,1H3,(H,22,23)/t16-/m0/s1. The van der Waals surface area contributed by atoms with Crippen molar-refractivity contribution in [1.29, 1.82) is 0 Å². The van der Waals surface area contributed by atoms with Crippen molar-refractivity contribution in [1.82, 2.24) is 9.97 Å². The number of piperidine rings is 1. The zero-order chi connectivity index (χ0) is 18.3.